The van der Waals surface area contributed by atoms with Gasteiger partial charge in [-0.1, -0.05) is 30.3 Å². The summed E-state index contributed by atoms with van der Waals surface area (Å²) in [6, 6.07) is 13.4. The van der Waals surface area contributed by atoms with Gasteiger partial charge in [-0.15, -0.1) is 12.4 Å². The van der Waals surface area contributed by atoms with Crippen molar-refractivity contribution in [2.45, 2.75) is 44.2 Å². The molecule has 2 aromatic rings. The lowest BCUT2D eigenvalue weighted by Gasteiger charge is -2.50. The van der Waals surface area contributed by atoms with Gasteiger partial charge in [-0.2, -0.15) is 13.2 Å². The Morgan fingerprint density at radius 2 is 1.72 bits per heavy atom. The molecule has 1 spiro atoms. The first-order chi connectivity index (χ1) is 13.2. The number of para-hydroxylation sites is 1. The number of morpholine rings is 1. The highest BCUT2D eigenvalue weighted by Gasteiger charge is 2.48. The molecule has 3 nitrogen and oxygen atoms in total. The molecule has 2 aliphatic rings. The molecule has 158 valence electrons. The zero-order valence-electron chi connectivity index (χ0n) is 16.5. The van der Waals surface area contributed by atoms with Crippen molar-refractivity contribution in [3.63, 3.8) is 0 Å². The van der Waals surface area contributed by atoms with E-state index < -0.39 is 17.3 Å². The van der Waals surface area contributed by atoms with Crippen molar-refractivity contribution < 1.29 is 22.6 Å². The lowest BCUT2D eigenvalue weighted by atomic mass is 9.79. The molecular weight excluding hydrogens is 403 g/mol. The van der Waals surface area contributed by atoms with Gasteiger partial charge in [-0.3, -0.25) is 4.90 Å². The van der Waals surface area contributed by atoms with Crippen molar-refractivity contribution in [1.82, 2.24) is 4.90 Å². The number of alkyl halides is 3. The van der Waals surface area contributed by atoms with E-state index in [2.05, 4.69) is 18.7 Å². The van der Waals surface area contributed by atoms with E-state index in [0.29, 0.717) is 19.7 Å². The molecule has 1 fully saturated rings. The average molecular weight is 428 g/mol. The van der Waals surface area contributed by atoms with Crippen molar-refractivity contribution in [2.24, 2.45) is 0 Å². The number of fused-ring (bicyclic) bond motifs is 2. The van der Waals surface area contributed by atoms with Crippen molar-refractivity contribution in [1.29, 1.82) is 0 Å². The van der Waals surface area contributed by atoms with Gasteiger partial charge in [0.2, 0.25) is 0 Å². The van der Waals surface area contributed by atoms with Crippen molar-refractivity contribution in [3.05, 3.63) is 65.2 Å². The Bertz CT molecular complexity index is 854. The SMILES string of the molecule is CC1(C)CC2(CN(Cc3ccc(C(F)(F)F)cc3)CCO2)c2ccccc2O1.Cl. The number of ether oxygens (including phenoxy) is 2. The maximum Gasteiger partial charge on any atom is 0.416 e. The Kier molecular flexibility index (Phi) is 5.91. The summed E-state index contributed by atoms with van der Waals surface area (Å²) in [5.41, 5.74) is 0.472. The Morgan fingerprint density at radius 3 is 2.41 bits per heavy atom. The number of halogens is 4. The molecule has 0 bridgehead atoms. The molecule has 2 aromatic carbocycles. The smallest absolute Gasteiger partial charge is 0.416 e. The number of hydrogen-bond donors (Lipinski definition) is 0. The van der Waals surface area contributed by atoms with Gasteiger partial charge in [0.15, 0.2) is 0 Å². The third-order valence-corrected chi connectivity index (χ3v) is 5.43. The molecule has 2 aliphatic heterocycles. The van der Waals surface area contributed by atoms with E-state index >= 15 is 0 Å². The highest BCUT2D eigenvalue weighted by atomic mass is 35.5. The number of rotatable bonds is 2. The van der Waals surface area contributed by atoms with Crippen LogP contribution in [0, 0.1) is 0 Å². The van der Waals surface area contributed by atoms with Crippen LogP contribution in [0.25, 0.3) is 0 Å². The van der Waals surface area contributed by atoms with E-state index in [1.807, 2.05) is 24.3 Å². The number of benzene rings is 2. The average Bonchev–Trinajstić information content (AvgIpc) is 2.60. The van der Waals surface area contributed by atoms with Crippen LogP contribution < -0.4 is 4.74 Å². The van der Waals surface area contributed by atoms with Crippen LogP contribution >= 0.6 is 12.4 Å². The van der Waals surface area contributed by atoms with Gasteiger partial charge in [0.25, 0.3) is 0 Å². The van der Waals surface area contributed by atoms with E-state index in [4.69, 9.17) is 9.47 Å². The second kappa shape index (κ2) is 7.82. The molecule has 29 heavy (non-hydrogen) atoms. The van der Waals surface area contributed by atoms with Gasteiger partial charge in [0.05, 0.1) is 12.2 Å². The van der Waals surface area contributed by atoms with Crippen molar-refractivity contribution in [2.75, 3.05) is 19.7 Å². The molecule has 1 saturated heterocycles. The zero-order chi connectivity index (χ0) is 20.0. The zero-order valence-corrected chi connectivity index (χ0v) is 17.3. The molecule has 7 heteroatoms. The van der Waals surface area contributed by atoms with Gasteiger partial charge in [0, 0.05) is 31.6 Å². The third-order valence-electron chi connectivity index (χ3n) is 5.43. The van der Waals surface area contributed by atoms with Gasteiger partial charge in [0.1, 0.15) is 17.0 Å². The first-order valence-electron chi connectivity index (χ1n) is 9.48. The number of nitrogens with zero attached hydrogens (tertiary/aromatic N) is 1. The first kappa shape index (κ1) is 21.9. The van der Waals surface area contributed by atoms with E-state index in [9.17, 15) is 13.2 Å². The Hall–Kier alpha value is -1.76. The fourth-order valence-electron chi connectivity index (χ4n) is 4.37. The summed E-state index contributed by atoms with van der Waals surface area (Å²) in [6.07, 6.45) is -3.58. The van der Waals surface area contributed by atoms with Crippen LogP contribution in [0.1, 0.15) is 37.0 Å². The first-order valence-corrected chi connectivity index (χ1v) is 9.48. The minimum Gasteiger partial charge on any atom is -0.487 e. The fraction of sp³-hybridized carbons (Fsp3) is 0.455. The second-order valence-corrected chi connectivity index (χ2v) is 8.28. The molecule has 0 aliphatic carbocycles. The minimum absolute atomic E-state index is 0. The molecule has 1 unspecified atom stereocenters. The normalized spacial score (nSPS) is 23.8. The third kappa shape index (κ3) is 4.55. The van der Waals surface area contributed by atoms with Gasteiger partial charge in [-0.05, 0) is 37.6 Å². The van der Waals surface area contributed by atoms with E-state index in [0.717, 1.165) is 42.0 Å². The summed E-state index contributed by atoms with van der Waals surface area (Å²) >= 11 is 0. The standard InChI is InChI=1S/C22H24F3NO2.ClH/c1-20(2)14-21(18-5-3-4-6-19(18)28-20)15-26(11-12-27-21)13-16-7-9-17(10-8-16)22(23,24)25;/h3-10H,11-15H2,1-2H3;1H. The lowest BCUT2D eigenvalue weighted by Crippen LogP contribution is -2.55. The molecule has 0 amide bonds. The van der Waals surface area contributed by atoms with Crippen LogP contribution in [0.3, 0.4) is 0 Å². The maximum absolute atomic E-state index is 12.8. The molecule has 4 rings (SSSR count). The molecule has 0 N–H and O–H groups in total. The van der Waals surface area contributed by atoms with Crippen LogP contribution in [0.5, 0.6) is 5.75 Å². The summed E-state index contributed by atoms with van der Waals surface area (Å²) in [6.45, 7) is 6.70. The minimum atomic E-state index is -4.31. The predicted octanol–water partition coefficient (Wildman–Crippen LogP) is 5.42. The monoisotopic (exact) mass is 427 g/mol. The van der Waals surface area contributed by atoms with Crippen LogP contribution in [-0.4, -0.2) is 30.2 Å². The van der Waals surface area contributed by atoms with Crippen LogP contribution in [0.15, 0.2) is 48.5 Å². The van der Waals surface area contributed by atoms with Crippen LogP contribution in [-0.2, 0) is 23.1 Å². The number of hydrogen-bond acceptors (Lipinski definition) is 3. The quantitative estimate of drug-likeness (QED) is 0.639. The van der Waals surface area contributed by atoms with Crippen molar-refractivity contribution >= 4 is 12.4 Å². The summed E-state index contributed by atoms with van der Waals surface area (Å²) in [5, 5.41) is 0. The Balaban J connectivity index is 0.00000240. The Labute approximate surface area is 175 Å². The van der Waals surface area contributed by atoms with Crippen LogP contribution in [0.2, 0.25) is 0 Å². The van der Waals surface area contributed by atoms with Gasteiger partial charge < -0.3 is 9.47 Å². The summed E-state index contributed by atoms with van der Waals surface area (Å²) < 4.78 is 50.8. The lowest BCUT2D eigenvalue weighted by molar-refractivity contribution is -0.157. The maximum atomic E-state index is 12.8. The molecule has 0 saturated carbocycles. The topological polar surface area (TPSA) is 21.7 Å². The van der Waals surface area contributed by atoms with E-state index in [1.54, 1.807) is 12.1 Å². The van der Waals surface area contributed by atoms with E-state index in [1.165, 1.54) is 0 Å². The molecule has 0 aromatic heterocycles. The van der Waals surface area contributed by atoms with Crippen LogP contribution in [0.4, 0.5) is 13.2 Å². The molecular formula is C22H25ClF3NO2. The Morgan fingerprint density at radius 1 is 1.03 bits per heavy atom. The summed E-state index contributed by atoms with van der Waals surface area (Å²) in [5.74, 6) is 0.843. The molecule has 2 heterocycles. The van der Waals surface area contributed by atoms with Gasteiger partial charge >= 0.3 is 6.18 Å². The second-order valence-electron chi connectivity index (χ2n) is 8.28. The highest BCUT2D eigenvalue weighted by Crippen LogP contribution is 2.47. The molecule has 1 atom stereocenters. The highest BCUT2D eigenvalue weighted by molar-refractivity contribution is 5.85. The van der Waals surface area contributed by atoms with Crippen molar-refractivity contribution in [3.8, 4) is 5.75 Å². The fourth-order valence-corrected chi connectivity index (χ4v) is 4.37. The largest absolute Gasteiger partial charge is 0.487 e. The predicted molar refractivity (Wildman–Crippen MR) is 107 cm³/mol. The van der Waals surface area contributed by atoms with E-state index in [-0.39, 0.29) is 18.0 Å². The summed E-state index contributed by atoms with van der Waals surface area (Å²) in [4.78, 5) is 2.25. The summed E-state index contributed by atoms with van der Waals surface area (Å²) in [7, 11) is 0. The van der Waals surface area contributed by atoms with Gasteiger partial charge in [-0.25, -0.2) is 0 Å². The molecule has 0 radical (unpaired) electrons.